The van der Waals surface area contributed by atoms with E-state index in [1.54, 1.807) is 0 Å². The van der Waals surface area contributed by atoms with Crippen molar-refractivity contribution in [2.24, 2.45) is 17.8 Å². The average molecular weight is 345 g/mol. The van der Waals surface area contributed by atoms with Crippen LogP contribution >= 0.6 is 0 Å². The average Bonchev–Trinajstić information content (AvgIpc) is 3.34. The lowest BCUT2D eigenvalue weighted by Gasteiger charge is -2.33. The van der Waals surface area contributed by atoms with Crippen LogP contribution in [0.3, 0.4) is 0 Å². The van der Waals surface area contributed by atoms with Crippen molar-refractivity contribution in [2.45, 2.75) is 52.2 Å². The Bertz CT molecular complexity index is 558. The predicted molar refractivity (Wildman–Crippen MR) is 98.2 cm³/mol. The van der Waals surface area contributed by atoms with Crippen LogP contribution in [0.5, 0.6) is 0 Å². The van der Waals surface area contributed by atoms with Crippen molar-refractivity contribution >= 4 is 6.09 Å². The Balaban J connectivity index is 1.34. The van der Waals surface area contributed by atoms with Crippen LogP contribution in [0, 0.1) is 17.8 Å². The Morgan fingerprint density at radius 2 is 1.84 bits per heavy atom. The maximum Gasteiger partial charge on any atom is 0.410 e. The first kappa shape index (κ1) is 18.2. The third-order valence-corrected chi connectivity index (χ3v) is 5.22. The van der Waals surface area contributed by atoms with Gasteiger partial charge in [-0.15, -0.1) is 0 Å². The summed E-state index contributed by atoms with van der Waals surface area (Å²) < 4.78 is 11.4. The van der Waals surface area contributed by atoms with Crippen LogP contribution in [0.1, 0.15) is 45.6 Å². The van der Waals surface area contributed by atoms with E-state index in [9.17, 15) is 4.79 Å². The van der Waals surface area contributed by atoms with Crippen LogP contribution in [0.15, 0.2) is 30.3 Å². The Hall–Kier alpha value is -1.55. The number of piperidine rings is 1. The number of hydrogen-bond acceptors (Lipinski definition) is 3. The van der Waals surface area contributed by atoms with Crippen molar-refractivity contribution in [3.05, 3.63) is 35.9 Å². The zero-order valence-electron chi connectivity index (χ0n) is 15.7. The zero-order valence-corrected chi connectivity index (χ0v) is 15.7. The summed E-state index contributed by atoms with van der Waals surface area (Å²) in [5, 5.41) is 0. The minimum atomic E-state index is -0.411. The molecule has 0 spiro atoms. The summed E-state index contributed by atoms with van der Waals surface area (Å²) in [5.41, 5.74) is 0.830. The molecule has 1 aromatic carbocycles. The van der Waals surface area contributed by atoms with Crippen LogP contribution in [0.4, 0.5) is 4.79 Å². The smallest absolute Gasteiger partial charge is 0.410 e. The van der Waals surface area contributed by atoms with Crippen LogP contribution < -0.4 is 0 Å². The largest absolute Gasteiger partial charge is 0.444 e. The third kappa shape index (κ3) is 5.46. The van der Waals surface area contributed by atoms with Crippen LogP contribution in [-0.2, 0) is 16.1 Å². The molecule has 0 aromatic heterocycles. The second-order valence-electron chi connectivity index (χ2n) is 8.47. The molecule has 1 amide bonds. The fourth-order valence-electron chi connectivity index (χ4n) is 3.78. The SMILES string of the molecule is CC(C)(C)OC(=O)N1CCC([C@@H]2C[C@H]2COCc2ccccc2)CC1. The first-order valence-electron chi connectivity index (χ1n) is 9.52. The third-order valence-electron chi connectivity index (χ3n) is 5.22. The van der Waals surface area contributed by atoms with Gasteiger partial charge in [0.05, 0.1) is 13.2 Å². The number of amides is 1. The molecule has 1 saturated carbocycles. The molecule has 2 fully saturated rings. The number of rotatable bonds is 5. The highest BCUT2D eigenvalue weighted by molar-refractivity contribution is 5.68. The Morgan fingerprint density at radius 1 is 1.16 bits per heavy atom. The maximum absolute atomic E-state index is 12.1. The van der Waals surface area contributed by atoms with Crippen LogP contribution in [-0.4, -0.2) is 36.3 Å². The summed E-state index contributed by atoms with van der Waals surface area (Å²) in [6.07, 6.45) is 3.31. The van der Waals surface area contributed by atoms with Gasteiger partial charge in [0.15, 0.2) is 0 Å². The molecule has 1 aromatic rings. The van der Waals surface area contributed by atoms with Gasteiger partial charge in [-0.25, -0.2) is 4.79 Å². The van der Waals surface area contributed by atoms with Gasteiger partial charge in [-0.3, -0.25) is 0 Å². The van der Waals surface area contributed by atoms with E-state index in [1.807, 2.05) is 31.7 Å². The Kier molecular flexibility index (Phi) is 5.67. The van der Waals surface area contributed by atoms with Gasteiger partial charge in [0.1, 0.15) is 5.60 Å². The maximum atomic E-state index is 12.1. The molecule has 1 aliphatic heterocycles. The number of ether oxygens (including phenoxy) is 2. The molecule has 0 radical (unpaired) electrons. The fraction of sp³-hybridized carbons (Fsp3) is 0.667. The molecule has 4 heteroatoms. The van der Waals surface area contributed by atoms with E-state index < -0.39 is 5.60 Å². The minimum absolute atomic E-state index is 0.163. The summed E-state index contributed by atoms with van der Waals surface area (Å²) in [6, 6.07) is 10.4. The molecule has 4 nitrogen and oxygen atoms in total. The van der Waals surface area contributed by atoms with Crippen molar-refractivity contribution in [1.82, 2.24) is 4.90 Å². The van der Waals surface area contributed by atoms with Gasteiger partial charge in [-0.1, -0.05) is 30.3 Å². The number of nitrogens with zero attached hydrogens (tertiary/aromatic N) is 1. The second kappa shape index (κ2) is 7.77. The van der Waals surface area contributed by atoms with E-state index in [4.69, 9.17) is 9.47 Å². The lowest BCUT2D eigenvalue weighted by atomic mass is 9.91. The fourth-order valence-corrected chi connectivity index (χ4v) is 3.78. The van der Waals surface area contributed by atoms with Crippen molar-refractivity contribution in [2.75, 3.05) is 19.7 Å². The van der Waals surface area contributed by atoms with Gasteiger partial charge < -0.3 is 14.4 Å². The monoisotopic (exact) mass is 345 g/mol. The number of likely N-dealkylation sites (tertiary alicyclic amines) is 1. The highest BCUT2D eigenvalue weighted by Gasteiger charge is 2.44. The van der Waals surface area contributed by atoms with Crippen LogP contribution in [0.2, 0.25) is 0 Å². The number of carbonyl (C=O) groups is 1. The summed E-state index contributed by atoms with van der Waals surface area (Å²) in [7, 11) is 0. The molecule has 0 bridgehead atoms. The summed E-state index contributed by atoms with van der Waals surface area (Å²) in [5.74, 6) is 2.24. The minimum Gasteiger partial charge on any atom is -0.444 e. The van der Waals surface area contributed by atoms with E-state index in [0.717, 1.165) is 44.4 Å². The Labute approximate surface area is 151 Å². The van der Waals surface area contributed by atoms with E-state index in [-0.39, 0.29) is 6.09 Å². The van der Waals surface area contributed by atoms with Gasteiger partial charge >= 0.3 is 6.09 Å². The lowest BCUT2D eigenvalue weighted by molar-refractivity contribution is 0.0170. The van der Waals surface area contributed by atoms with E-state index in [2.05, 4.69) is 24.3 Å². The second-order valence-corrected chi connectivity index (χ2v) is 8.47. The number of carbonyl (C=O) groups excluding carboxylic acids is 1. The van der Waals surface area contributed by atoms with E-state index in [0.29, 0.717) is 12.5 Å². The standard InChI is InChI=1S/C21H31NO3/c1-21(2,3)25-20(23)22-11-9-17(10-12-22)19-13-18(19)15-24-14-16-7-5-4-6-8-16/h4-8,17-19H,9-15H2,1-3H3/t18-,19-/m0/s1. The molecule has 25 heavy (non-hydrogen) atoms. The molecular formula is C21H31NO3. The molecule has 0 N–H and O–H groups in total. The van der Waals surface area contributed by atoms with Crippen molar-refractivity contribution in [3.8, 4) is 0 Å². The molecule has 3 rings (SSSR count). The van der Waals surface area contributed by atoms with Gasteiger partial charge in [0, 0.05) is 13.1 Å². The highest BCUT2D eigenvalue weighted by atomic mass is 16.6. The molecule has 1 heterocycles. The first-order valence-corrected chi connectivity index (χ1v) is 9.52. The number of hydrogen-bond donors (Lipinski definition) is 0. The summed E-state index contributed by atoms with van der Waals surface area (Å²) in [4.78, 5) is 14.0. The topological polar surface area (TPSA) is 38.8 Å². The van der Waals surface area contributed by atoms with Crippen molar-refractivity contribution in [3.63, 3.8) is 0 Å². The van der Waals surface area contributed by atoms with E-state index >= 15 is 0 Å². The zero-order chi connectivity index (χ0) is 17.9. The van der Waals surface area contributed by atoms with Crippen LogP contribution in [0.25, 0.3) is 0 Å². The Morgan fingerprint density at radius 3 is 2.48 bits per heavy atom. The van der Waals surface area contributed by atoms with E-state index in [1.165, 1.54) is 12.0 Å². The molecule has 1 aliphatic carbocycles. The highest BCUT2D eigenvalue weighted by Crippen LogP contribution is 2.48. The van der Waals surface area contributed by atoms with Gasteiger partial charge in [-0.05, 0) is 63.4 Å². The molecule has 1 saturated heterocycles. The first-order chi connectivity index (χ1) is 11.9. The molecule has 2 atom stereocenters. The summed E-state index contributed by atoms with van der Waals surface area (Å²) >= 11 is 0. The quantitative estimate of drug-likeness (QED) is 0.789. The summed E-state index contributed by atoms with van der Waals surface area (Å²) in [6.45, 7) is 8.99. The molecule has 138 valence electrons. The van der Waals surface area contributed by atoms with Gasteiger partial charge in [0.2, 0.25) is 0 Å². The normalized spacial score (nSPS) is 24.2. The van der Waals surface area contributed by atoms with Crippen molar-refractivity contribution < 1.29 is 14.3 Å². The van der Waals surface area contributed by atoms with Gasteiger partial charge in [-0.2, -0.15) is 0 Å². The van der Waals surface area contributed by atoms with Crippen molar-refractivity contribution in [1.29, 1.82) is 0 Å². The molecule has 0 unspecified atom stereocenters. The molecular weight excluding hydrogens is 314 g/mol. The number of benzene rings is 1. The lowest BCUT2D eigenvalue weighted by Crippen LogP contribution is -2.42. The molecule has 2 aliphatic rings. The van der Waals surface area contributed by atoms with Gasteiger partial charge in [0.25, 0.3) is 0 Å². The predicted octanol–water partition coefficient (Wildman–Crippen LogP) is 4.49.